The van der Waals surface area contributed by atoms with Crippen LogP contribution >= 0.6 is 11.3 Å². The first-order valence-corrected chi connectivity index (χ1v) is 30.0. The normalized spacial score (nSPS) is 13.6. The number of rotatable bonds is 9. The van der Waals surface area contributed by atoms with Crippen LogP contribution in [0.3, 0.4) is 0 Å². The number of thiophene rings is 1. The zero-order valence-corrected chi connectivity index (χ0v) is 53.9. The fraction of sp³-hybridized carbons (Fsp3) is 0.218. The van der Waals surface area contributed by atoms with Crippen molar-refractivity contribution in [2.75, 3.05) is 9.80 Å². The first-order chi connectivity index (χ1) is 41.8. The molecule has 0 N–H and O–H groups in total. The van der Waals surface area contributed by atoms with Crippen molar-refractivity contribution in [1.29, 1.82) is 0 Å². The molecule has 1 aliphatic heterocycles. The molecule has 0 bridgehead atoms. The molecule has 0 spiro atoms. The maximum absolute atomic E-state index is 10.1. The second kappa shape index (κ2) is 21.9. The first-order valence-electron chi connectivity index (χ1n) is 30.7. The first kappa shape index (κ1) is 54.4. The summed E-state index contributed by atoms with van der Waals surface area (Å²) >= 11 is 1.59. The number of hydrogen-bond donors (Lipinski definition) is 0. The third-order valence-corrected chi connectivity index (χ3v) is 17.4. The van der Waals surface area contributed by atoms with E-state index in [1.165, 1.54) is 5.56 Å². The summed E-state index contributed by atoms with van der Waals surface area (Å²) in [6, 6.07) is 70.2. The Morgan fingerprint density at radius 2 is 1.14 bits per heavy atom. The Hall–Kier alpha value is -8.27. The molecule has 0 fully saturated rings. The van der Waals surface area contributed by atoms with Gasteiger partial charge >= 0.3 is 0 Å². The molecule has 8 heteroatoms. The number of ether oxygens (including phenoxy) is 1. The van der Waals surface area contributed by atoms with E-state index in [0.717, 1.165) is 98.2 Å². The molecule has 6 nitrogen and oxygen atoms in total. The molecule has 0 radical (unpaired) electrons. The molecule has 1 aliphatic rings. The molecule has 0 atom stereocenters. The standard InChI is InChI=1S/C78H70N5OS.Pt/c1-75(2,3)46-52-40-70(80-47-64(52)51-38-53(76(4,5)6)41-54(39-51)77(7,8)9)83-68-37-36-60-59-30-23-31-65(79-13)73(59)85-74(60)71(68)61-35-34-58(45-69(61)83)84-57-29-22-28-56(44-57)81-48-82(67-33-21-20-32-66(67)81)72-62(49-24-16-14-17-25-49)42-55(78(10,11)12)43-63(72)50-26-18-15-19-27-50;/h14-43,47-48H,46H2,1-12H3;/q-3;/i46D2,47D;. The van der Waals surface area contributed by atoms with Crippen molar-refractivity contribution in [1.82, 2.24) is 9.55 Å². The Kier molecular flexibility index (Phi) is 13.9. The van der Waals surface area contributed by atoms with Crippen LogP contribution in [0, 0.1) is 30.8 Å². The summed E-state index contributed by atoms with van der Waals surface area (Å²) in [5.74, 6) is 1.29. The number of pyridine rings is 1. The van der Waals surface area contributed by atoms with E-state index >= 15 is 0 Å². The summed E-state index contributed by atoms with van der Waals surface area (Å²) in [4.78, 5) is 13.6. The van der Waals surface area contributed by atoms with Crippen LogP contribution in [0.1, 0.15) is 109 Å². The molecule has 3 aromatic heterocycles. The van der Waals surface area contributed by atoms with Gasteiger partial charge in [0.25, 0.3) is 0 Å². The second-order valence-electron chi connectivity index (χ2n) is 26.6. The molecular weight excluding hydrogens is 1250 g/mol. The van der Waals surface area contributed by atoms with E-state index < -0.39 is 11.8 Å². The van der Waals surface area contributed by atoms with E-state index in [1.54, 1.807) is 11.3 Å². The summed E-state index contributed by atoms with van der Waals surface area (Å²) in [6.45, 7) is 36.0. The number of aromatic nitrogens is 2. The largest absolute Gasteiger partial charge is 0.509 e. The van der Waals surface area contributed by atoms with Crippen LogP contribution in [-0.4, -0.2) is 9.55 Å². The van der Waals surface area contributed by atoms with Crippen molar-refractivity contribution in [3.8, 4) is 50.7 Å². The van der Waals surface area contributed by atoms with Crippen molar-refractivity contribution in [3.05, 3.63) is 241 Å². The molecule has 12 aromatic rings. The molecule has 0 unspecified atom stereocenters. The zero-order chi connectivity index (χ0) is 62.0. The van der Waals surface area contributed by atoms with Gasteiger partial charge in [-0.05, 0) is 120 Å². The van der Waals surface area contributed by atoms with Gasteiger partial charge in [-0.1, -0.05) is 204 Å². The Morgan fingerprint density at radius 1 is 0.570 bits per heavy atom. The fourth-order valence-corrected chi connectivity index (χ4v) is 13.1. The summed E-state index contributed by atoms with van der Waals surface area (Å²) < 4.78 is 41.0. The van der Waals surface area contributed by atoms with E-state index in [9.17, 15) is 4.11 Å². The molecule has 13 rings (SSSR count). The van der Waals surface area contributed by atoms with Crippen LogP contribution in [0.15, 0.2) is 188 Å². The molecule has 0 saturated carbocycles. The van der Waals surface area contributed by atoms with Gasteiger partial charge in [-0.25, -0.2) is 9.83 Å². The van der Waals surface area contributed by atoms with Gasteiger partial charge < -0.3 is 19.1 Å². The van der Waals surface area contributed by atoms with E-state index in [0.29, 0.717) is 39.6 Å². The topological polar surface area (TPSA) is 37.9 Å². The molecule has 0 saturated heterocycles. The van der Waals surface area contributed by atoms with Crippen LogP contribution in [0.4, 0.5) is 28.4 Å². The minimum Gasteiger partial charge on any atom is -0.509 e. The van der Waals surface area contributed by atoms with Crippen LogP contribution in [0.25, 0.3) is 86.0 Å². The van der Waals surface area contributed by atoms with Gasteiger partial charge in [-0.3, -0.25) is 0 Å². The Labute approximate surface area is 530 Å². The number of benzene rings is 9. The molecule has 432 valence electrons. The van der Waals surface area contributed by atoms with E-state index in [-0.39, 0.29) is 43.5 Å². The average molecular weight is 1320 g/mol. The van der Waals surface area contributed by atoms with Crippen molar-refractivity contribution in [3.63, 3.8) is 0 Å². The van der Waals surface area contributed by atoms with Crippen LogP contribution in [0.2, 0.25) is 0 Å². The van der Waals surface area contributed by atoms with Gasteiger partial charge in [0.05, 0.1) is 7.94 Å². The molecule has 86 heavy (non-hydrogen) atoms. The van der Waals surface area contributed by atoms with Gasteiger partial charge in [0.1, 0.15) is 5.82 Å². The maximum Gasteiger partial charge on any atom is 0.204 e. The molecular formula is C78H70N5OPtS-3. The summed E-state index contributed by atoms with van der Waals surface area (Å²) in [7, 11) is 0. The Balaban J connectivity index is 0.00000769. The molecule has 0 amide bonds. The van der Waals surface area contributed by atoms with Gasteiger partial charge in [0.2, 0.25) is 5.69 Å². The van der Waals surface area contributed by atoms with Gasteiger partial charge in [0, 0.05) is 90.1 Å². The number of nitrogens with zero attached hydrogens (tertiary/aromatic N) is 5. The van der Waals surface area contributed by atoms with Crippen LogP contribution in [-0.2, 0) is 43.7 Å². The number of para-hydroxylation sites is 2. The Bertz CT molecular complexity index is 4710. The predicted molar refractivity (Wildman–Crippen MR) is 359 cm³/mol. The van der Waals surface area contributed by atoms with Gasteiger partial charge in [-0.2, -0.15) is 12.1 Å². The SMILES string of the molecule is [2H]c1nc(-n2c3[c-]c(Oc4[c-]c(N5[CH-]N(c6c(-c7ccccc7)cc(C(C)(C)C)cc6-c6ccccc6)c6ccccc65)ccc4)ccc3c3c4sc5c([N+]#[C-])cccc5c4ccc32)cc(C([2H])([2H])C(C)(C)C)c1-c1cc(C(C)(C)C)cc(C(C)(C)C)c1.[Pt]. The number of anilines is 4. The van der Waals surface area contributed by atoms with Crippen LogP contribution in [0.5, 0.6) is 11.5 Å². The minimum absolute atomic E-state index is 0. The van der Waals surface area contributed by atoms with Crippen molar-refractivity contribution in [2.24, 2.45) is 5.41 Å². The predicted octanol–water partition coefficient (Wildman–Crippen LogP) is 22.4. The van der Waals surface area contributed by atoms with E-state index in [2.05, 4.69) is 235 Å². The van der Waals surface area contributed by atoms with E-state index in [4.69, 9.17) is 16.3 Å². The summed E-state index contributed by atoms with van der Waals surface area (Å²) in [6.07, 6.45) is -1.96. The number of hydrogen-bond acceptors (Lipinski definition) is 5. The van der Waals surface area contributed by atoms with Gasteiger partial charge in [-0.15, -0.1) is 59.4 Å². The fourth-order valence-electron chi connectivity index (χ4n) is 11.8. The van der Waals surface area contributed by atoms with Gasteiger partial charge in [0.15, 0.2) is 0 Å². The van der Waals surface area contributed by atoms with Crippen molar-refractivity contribution in [2.45, 2.75) is 106 Å². The van der Waals surface area contributed by atoms with Crippen molar-refractivity contribution >= 4 is 81.8 Å². The van der Waals surface area contributed by atoms with E-state index in [1.807, 2.05) is 67.8 Å². The smallest absolute Gasteiger partial charge is 0.204 e. The number of fused-ring (bicyclic) bond motifs is 8. The third-order valence-electron chi connectivity index (χ3n) is 16.1. The summed E-state index contributed by atoms with van der Waals surface area (Å²) in [5, 5.41) is 3.85. The minimum atomic E-state index is -1.93. The van der Waals surface area contributed by atoms with Crippen molar-refractivity contribution < 1.29 is 29.9 Å². The summed E-state index contributed by atoms with van der Waals surface area (Å²) in [5.41, 5.74) is 14.0. The quantitative estimate of drug-likeness (QED) is 0.135. The third kappa shape index (κ3) is 10.7. The second-order valence-corrected chi connectivity index (χ2v) is 27.6. The average Bonchev–Trinajstić information content (AvgIpc) is 1.65. The van der Waals surface area contributed by atoms with Crippen LogP contribution < -0.4 is 14.5 Å². The maximum atomic E-state index is 10.1. The zero-order valence-electron chi connectivity index (χ0n) is 53.8. The molecule has 4 heterocycles. The molecule has 9 aromatic carbocycles. The monoisotopic (exact) mass is 1320 g/mol. The molecule has 0 aliphatic carbocycles. The Morgan fingerprint density at radius 3 is 1.76 bits per heavy atom.